The molecule has 1 aromatic carbocycles. The van der Waals surface area contributed by atoms with Gasteiger partial charge in [0.1, 0.15) is 0 Å². The number of hydrogen-bond acceptors (Lipinski definition) is 4. The maximum Gasteiger partial charge on any atom is 0.178 e. The third kappa shape index (κ3) is 1.47. The van der Waals surface area contributed by atoms with Gasteiger partial charge in [0.2, 0.25) is 0 Å². The van der Waals surface area contributed by atoms with Crippen molar-refractivity contribution in [3.8, 4) is 11.3 Å². The van der Waals surface area contributed by atoms with E-state index in [0.717, 1.165) is 17.5 Å². The Bertz CT molecular complexity index is 654. The predicted molar refractivity (Wildman–Crippen MR) is 68.3 cm³/mol. The lowest BCUT2D eigenvalue weighted by Gasteiger charge is -1.93. The summed E-state index contributed by atoms with van der Waals surface area (Å²) in [6, 6.07) is 8.23. The summed E-state index contributed by atoms with van der Waals surface area (Å²) in [5.74, 6) is 0. The maximum atomic E-state index is 10.6. The quantitative estimate of drug-likeness (QED) is 0.642. The number of thiazole rings is 1. The Morgan fingerprint density at radius 3 is 2.81 bits per heavy atom. The molecular weight excluding hydrogens is 238 g/mol. The van der Waals surface area contributed by atoms with E-state index in [1.165, 1.54) is 21.4 Å². The van der Waals surface area contributed by atoms with Crippen LogP contribution in [0.4, 0.5) is 0 Å². The second-order valence-electron chi connectivity index (χ2n) is 3.33. The smallest absolute Gasteiger partial charge is 0.178 e. The number of nitrogens with zero attached hydrogens (tertiary/aromatic N) is 1. The van der Waals surface area contributed by atoms with Gasteiger partial charge in [0, 0.05) is 26.4 Å². The Morgan fingerprint density at radius 2 is 2.00 bits per heavy atom. The Balaban J connectivity index is 2.21. The second kappa shape index (κ2) is 3.81. The highest BCUT2D eigenvalue weighted by molar-refractivity contribution is 7.17. The topological polar surface area (TPSA) is 30.0 Å². The van der Waals surface area contributed by atoms with Crippen LogP contribution < -0.4 is 0 Å². The van der Waals surface area contributed by atoms with Crippen molar-refractivity contribution in [1.29, 1.82) is 0 Å². The first kappa shape index (κ1) is 9.69. The van der Waals surface area contributed by atoms with E-state index < -0.39 is 0 Å². The highest BCUT2D eigenvalue weighted by Gasteiger charge is 2.09. The third-order valence-electron chi connectivity index (χ3n) is 2.38. The van der Waals surface area contributed by atoms with Crippen molar-refractivity contribution in [1.82, 2.24) is 4.98 Å². The average molecular weight is 245 g/mol. The molecule has 4 heteroatoms. The van der Waals surface area contributed by atoms with Gasteiger partial charge in [0.15, 0.2) is 11.3 Å². The number of aromatic nitrogens is 1. The van der Waals surface area contributed by atoms with E-state index in [0.29, 0.717) is 5.01 Å². The molecule has 0 aliphatic rings. The zero-order valence-electron chi connectivity index (χ0n) is 8.21. The van der Waals surface area contributed by atoms with Crippen molar-refractivity contribution in [2.24, 2.45) is 0 Å². The van der Waals surface area contributed by atoms with Gasteiger partial charge < -0.3 is 0 Å². The lowest BCUT2D eigenvalue weighted by atomic mass is 10.1. The van der Waals surface area contributed by atoms with Crippen molar-refractivity contribution in [3.63, 3.8) is 0 Å². The largest absolute Gasteiger partial charge is 0.295 e. The van der Waals surface area contributed by atoms with Crippen LogP contribution in [-0.2, 0) is 0 Å². The van der Waals surface area contributed by atoms with Crippen molar-refractivity contribution in [2.75, 3.05) is 0 Å². The first-order valence-electron chi connectivity index (χ1n) is 4.76. The molecule has 0 N–H and O–H groups in total. The standard InChI is InChI=1S/C12H7NOS2/c14-5-12-13-10(7-16-12)9-6-15-11-4-2-1-3-8(9)11/h1-7H. The summed E-state index contributed by atoms with van der Waals surface area (Å²) in [6.45, 7) is 0. The lowest BCUT2D eigenvalue weighted by molar-refractivity contribution is 0.112. The number of carbonyl (C=O) groups excluding carboxylic acids is 1. The molecule has 2 aromatic heterocycles. The van der Waals surface area contributed by atoms with E-state index in [2.05, 4.69) is 22.5 Å². The molecule has 3 aromatic rings. The molecule has 16 heavy (non-hydrogen) atoms. The first-order valence-corrected chi connectivity index (χ1v) is 6.52. The maximum absolute atomic E-state index is 10.6. The highest BCUT2D eigenvalue weighted by atomic mass is 32.1. The molecule has 0 unspecified atom stereocenters. The Labute approximate surface area is 100 Å². The summed E-state index contributed by atoms with van der Waals surface area (Å²) in [5.41, 5.74) is 2.01. The van der Waals surface area contributed by atoms with Crippen LogP contribution in [-0.4, -0.2) is 11.3 Å². The molecule has 0 saturated carbocycles. The molecule has 0 radical (unpaired) electrons. The zero-order chi connectivity index (χ0) is 11.0. The second-order valence-corrected chi connectivity index (χ2v) is 5.14. The molecule has 2 nitrogen and oxygen atoms in total. The van der Waals surface area contributed by atoms with E-state index in [9.17, 15) is 4.79 Å². The van der Waals surface area contributed by atoms with Gasteiger partial charge in [-0.15, -0.1) is 22.7 Å². The fraction of sp³-hybridized carbons (Fsp3) is 0. The summed E-state index contributed by atoms with van der Waals surface area (Å²) in [7, 11) is 0. The van der Waals surface area contributed by atoms with E-state index in [4.69, 9.17) is 0 Å². The lowest BCUT2D eigenvalue weighted by Crippen LogP contribution is -1.78. The van der Waals surface area contributed by atoms with Crippen LogP contribution in [0.1, 0.15) is 9.80 Å². The summed E-state index contributed by atoms with van der Waals surface area (Å²) in [6.07, 6.45) is 0.794. The van der Waals surface area contributed by atoms with Crippen molar-refractivity contribution in [2.45, 2.75) is 0 Å². The van der Waals surface area contributed by atoms with Crippen LogP contribution in [0.5, 0.6) is 0 Å². The zero-order valence-corrected chi connectivity index (χ0v) is 9.85. The third-order valence-corrected chi connectivity index (χ3v) is 4.11. The minimum Gasteiger partial charge on any atom is -0.295 e. The Kier molecular flexibility index (Phi) is 2.31. The molecule has 0 fully saturated rings. The van der Waals surface area contributed by atoms with Crippen LogP contribution in [0.15, 0.2) is 35.0 Å². The fourth-order valence-corrected chi connectivity index (χ4v) is 3.21. The van der Waals surface area contributed by atoms with Crippen LogP contribution in [0.2, 0.25) is 0 Å². The van der Waals surface area contributed by atoms with Crippen molar-refractivity contribution in [3.05, 3.63) is 40.0 Å². The molecule has 2 heterocycles. The summed E-state index contributed by atoms with van der Waals surface area (Å²) in [5, 5.41) is 5.76. The van der Waals surface area contributed by atoms with Gasteiger partial charge in [-0.05, 0) is 6.07 Å². The summed E-state index contributed by atoms with van der Waals surface area (Å²) in [4.78, 5) is 14.9. The van der Waals surface area contributed by atoms with Gasteiger partial charge in [-0.2, -0.15) is 0 Å². The molecule has 0 bridgehead atoms. The molecule has 0 amide bonds. The van der Waals surface area contributed by atoms with Crippen LogP contribution in [0.3, 0.4) is 0 Å². The van der Waals surface area contributed by atoms with Crippen LogP contribution >= 0.6 is 22.7 Å². The SMILES string of the molecule is O=Cc1nc(-c2csc3ccccc23)cs1. The van der Waals surface area contributed by atoms with Gasteiger partial charge in [-0.3, -0.25) is 4.79 Å². The molecule has 78 valence electrons. The molecule has 0 saturated heterocycles. The van der Waals surface area contributed by atoms with Gasteiger partial charge >= 0.3 is 0 Å². The summed E-state index contributed by atoms with van der Waals surface area (Å²) >= 11 is 3.08. The van der Waals surface area contributed by atoms with Gasteiger partial charge in [-0.25, -0.2) is 4.98 Å². The first-order chi connectivity index (χ1) is 7.88. The molecule has 3 rings (SSSR count). The molecule has 0 aliphatic carbocycles. The fourth-order valence-electron chi connectivity index (χ4n) is 1.64. The van der Waals surface area contributed by atoms with Crippen molar-refractivity contribution >= 4 is 39.0 Å². The van der Waals surface area contributed by atoms with Crippen LogP contribution in [0.25, 0.3) is 21.3 Å². The average Bonchev–Trinajstić information content (AvgIpc) is 2.94. The number of carbonyl (C=O) groups is 1. The Hall–Kier alpha value is -1.52. The van der Waals surface area contributed by atoms with E-state index in [-0.39, 0.29) is 0 Å². The molecule has 0 aliphatic heterocycles. The van der Waals surface area contributed by atoms with E-state index in [1.807, 2.05) is 17.5 Å². The van der Waals surface area contributed by atoms with Gasteiger partial charge in [0.25, 0.3) is 0 Å². The number of fused-ring (bicyclic) bond motifs is 1. The number of rotatable bonds is 2. The number of benzene rings is 1. The predicted octanol–water partition coefficient (Wildman–Crippen LogP) is 3.84. The minimum atomic E-state index is 0.533. The summed E-state index contributed by atoms with van der Waals surface area (Å²) < 4.78 is 1.25. The van der Waals surface area contributed by atoms with Crippen molar-refractivity contribution < 1.29 is 4.79 Å². The van der Waals surface area contributed by atoms with Gasteiger partial charge in [0.05, 0.1) is 5.69 Å². The number of hydrogen-bond donors (Lipinski definition) is 0. The minimum absolute atomic E-state index is 0.533. The number of thiophene rings is 1. The molecular formula is C12H7NOS2. The number of aldehydes is 1. The van der Waals surface area contributed by atoms with E-state index in [1.54, 1.807) is 11.3 Å². The monoisotopic (exact) mass is 245 g/mol. The highest BCUT2D eigenvalue weighted by Crippen LogP contribution is 2.33. The van der Waals surface area contributed by atoms with Gasteiger partial charge in [-0.1, -0.05) is 18.2 Å². The van der Waals surface area contributed by atoms with Crippen LogP contribution in [0, 0.1) is 0 Å². The normalized spacial score (nSPS) is 10.8. The van der Waals surface area contributed by atoms with E-state index >= 15 is 0 Å². The molecule has 0 spiro atoms. The molecule has 0 atom stereocenters. The Morgan fingerprint density at radius 1 is 1.12 bits per heavy atom.